The number of phenolic OH excluding ortho intramolecular Hbond substituents is 3. The van der Waals surface area contributed by atoms with Crippen molar-refractivity contribution < 1.29 is 19.7 Å². The molecule has 0 aliphatic rings. The van der Waals surface area contributed by atoms with E-state index >= 15 is 0 Å². The molecule has 3 aromatic rings. The van der Waals surface area contributed by atoms with Crippen molar-refractivity contribution in [2.24, 2.45) is 0 Å². The molecule has 1 heterocycles. The second-order valence-electron chi connectivity index (χ2n) is 7.83. The van der Waals surface area contributed by atoms with E-state index in [9.17, 15) is 20.1 Å². The van der Waals surface area contributed by atoms with Crippen molar-refractivity contribution in [3.8, 4) is 28.4 Å². The zero-order valence-electron chi connectivity index (χ0n) is 17.5. The summed E-state index contributed by atoms with van der Waals surface area (Å²) in [7, 11) is 0. The molecule has 0 saturated heterocycles. The van der Waals surface area contributed by atoms with E-state index in [4.69, 9.17) is 4.42 Å². The van der Waals surface area contributed by atoms with Crippen molar-refractivity contribution in [2.75, 3.05) is 0 Å². The third kappa shape index (κ3) is 4.10. The van der Waals surface area contributed by atoms with Gasteiger partial charge >= 0.3 is 0 Å². The predicted molar refractivity (Wildman–Crippen MR) is 119 cm³/mol. The number of rotatable bonds is 6. The van der Waals surface area contributed by atoms with Gasteiger partial charge < -0.3 is 19.7 Å². The van der Waals surface area contributed by atoms with Gasteiger partial charge in [-0.05, 0) is 57.7 Å². The molecule has 0 aliphatic carbocycles. The van der Waals surface area contributed by atoms with E-state index in [1.807, 2.05) is 26.8 Å². The van der Waals surface area contributed by atoms with Crippen molar-refractivity contribution in [1.82, 2.24) is 0 Å². The van der Waals surface area contributed by atoms with Gasteiger partial charge in [0.1, 0.15) is 34.5 Å². The normalized spacial score (nSPS) is 10.9. The Morgan fingerprint density at radius 2 is 1.70 bits per heavy atom. The summed E-state index contributed by atoms with van der Waals surface area (Å²) in [5.41, 5.74) is 3.36. The van der Waals surface area contributed by atoms with Gasteiger partial charge in [0.25, 0.3) is 0 Å². The molecule has 5 heteroatoms. The molecule has 0 aliphatic heterocycles. The summed E-state index contributed by atoms with van der Waals surface area (Å²) in [4.78, 5) is 13.3. The van der Waals surface area contributed by atoms with E-state index in [1.165, 1.54) is 18.4 Å². The van der Waals surface area contributed by atoms with Crippen molar-refractivity contribution in [1.29, 1.82) is 0 Å². The third-order valence-electron chi connectivity index (χ3n) is 5.06. The topological polar surface area (TPSA) is 90.9 Å². The average Bonchev–Trinajstić information content (AvgIpc) is 2.68. The lowest BCUT2D eigenvalue weighted by Gasteiger charge is -2.15. The molecule has 2 aromatic carbocycles. The first kappa shape index (κ1) is 21.2. The van der Waals surface area contributed by atoms with Gasteiger partial charge in [-0.2, -0.15) is 0 Å². The minimum atomic E-state index is -0.394. The summed E-state index contributed by atoms with van der Waals surface area (Å²) in [6, 6.07) is 6.18. The van der Waals surface area contributed by atoms with E-state index in [1.54, 1.807) is 12.1 Å². The number of hydrogen-bond donors (Lipinski definition) is 3. The molecule has 0 unspecified atom stereocenters. The molecule has 0 fully saturated rings. The SMILES string of the molecule is C=C(C)CCc1c(O)c(CC=C(C)C)c(O)c2c(=O)c(-c3ccc(O)cc3)coc12. The zero-order valence-corrected chi connectivity index (χ0v) is 17.5. The first-order valence-corrected chi connectivity index (χ1v) is 9.79. The number of aryl methyl sites for hydroxylation is 1. The summed E-state index contributed by atoms with van der Waals surface area (Å²) < 4.78 is 5.79. The van der Waals surface area contributed by atoms with Crippen molar-refractivity contribution in [2.45, 2.75) is 40.0 Å². The third-order valence-corrected chi connectivity index (χ3v) is 5.06. The Hall–Kier alpha value is -3.47. The minimum Gasteiger partial charge on any atom is -0.508 e. The average molecular weight is 406 g/mol. The summed E-state index contributed by atoms with van der Waals surface area (Å²) in [6.07, 6.45) is 4.55. The summed E-state index contributed by atoms with van der Waals surface area (Å²) in [5.74, 6) is -0.240. The van der Waals surface area contributed by atoms with Crippen LogP contribution in [-0.4, -0.2) is 15.3 Å². The molecule has 1 aromatic heterocycles. The highest BCUT2D eigenvalue weighted by atomic mass is 16.3. The highest BCUT2D eigenvalue weighted by Gasteiger charge is 2.23. The molecule has 0 bridgehead atoms. The monoisotopic (exact) mass is 406 g/mol. The van der Waals surface area contributed by atoms with Crippen LogP contribution in [0.5, 0.6) is 17.2 Å². The molecule has 3 N–H and O–H groups in total. The zero-order chi connectivity index (χ0) is 22.0. The molecule has 0 radical (unpaired) electrons. The molecule has 156 valence electrons. The smallest absolute Gasteiger partial charge is 0.204 e. The Bertz CT molecular complexity index is 1190. The lowest BCUT2D eigenvalue weighted by Crippen LogP contribution is -2.08. The molecule has 5 nitrogen and oxygen atoms in total. The molecule has 0 spiro atoms. The van der Waals surface area contributed by atoms with Crippen molar-refractivity contribution in [3.63, 3.8) is 0 Å². The number of hydrogen-bond acceptors (Lipinski definition) is 5. The molecule has 30 heavy (non-hydrogen) atoms. The minimum absolute atomic E-state index is 0.0484. The predicted octanol–water partition coefficient (Wildman–Crippen LogP) is 5.59. The van der Waals surface area contributed by atoms with Gasteiger partial charge in [-0.25, -0.2) is 0 Å². The van der Waals surface area contributed by atoms with Crippen molar-refractivity contribution >= 4 is 11.0 Å². The summed E-state index contributed by atoms with van der Waals surface area (Å²) in [5, 5.41) is 31.4. The maximum atomic E-state index is 13.3. The standard InChI is InChI=1S/C25H26O5/c1-14(2)5-11-18-22(27)19(12-6-15(3)4)25-21(23(18)28)24(29)20(13-30-25)16-7-9-17(26)10-8-16/h5,7-10,13,26-28H,3,6,11-12H2,1-2,4H3. The van der Waals surface area contributed by atoms with Gasteiger partial charge in [0, 0.05) is 11.1 Å². The molecule has 0 amide bonds. The van der Waals surface area contributed by atoms with E-state index in [0.29, 0.717) is 36.0 Å². The van der Waals surface area contributed by atoms with E-state index in [2.05, 4.69) is 6.58 Å². The van der Waals surface area contributed by atoms with Crippen LogP contribution < -0.4 is 5.43 Å². The van der Waals surface area contributed by atoms with E-state index < -0.39 is 5.43 Å². The maximum absolute atomic E-state index is 13.3. The van der Waals surface area contributed by atoms with Crippen LogP contribution in [0.4, 0.5) is 0 Å². The Morgan fingerprint density at radius 3 is 2.30 bits per heavy atom. The number of aromatic hydroxyl groups is 3. The Morgan fingerprint density at radius 1 is 1.03 bits per heavy atom. The van der Waals surface area contributed by atoms with Crippen LogP contribution in [0.3, 0.4) is 0 Å². The Balaban J connectivity index is 2.32. The second-order valence-corrected chi connectivity index (χ2v) is 7.83. The van der Waals surface area contributed by atoms with Crippen LogP contribution in [0.25, 0.3) is 22.1 Å². The van der Waals surface area contributed by atoms with Gasteiger partial charge in [0.15, 0.2) is 0 Å². The molecular weight excluding hydrogens is 380 g/mol. The molecule has 0 saturated carbocycles. The Kier molecular flexibility index (Phi) is 6.01. The van der Waals surface area contributed by atoms with Gasteiger partial charge in [-0.15, -0.1) is 6.58 Å². The lowest BCUT2D eigenvalue weighted by molar-refractivity contribution is 0.437. The fourth-order valence-corrected chi connectivity index (χ4v) is 3.37. The van der Waals surface area contributed by atoms with Crippen LogP contribution in [0, 0.1) is 0 Å². The van der Waals surface area contributed by atoms with Gasteiger partial charge in [-0.3, -0.25) is 4.79 Å². The molecule has 0 atom stereocenters. The maximum Gasteiger partial charge on any atom is 0.204 e. The van der Waals surface area contributed by atoms with Gasteiger partial charge in [0.05, 0.1) is 5.56 Å². The van der Waals surface area contributed by atoms with Crippen LogP contribution in [0.15, 0.2) is 63.5 Å². The quantitative estimate of drug-likeness (QED) is 0.464. The highest BCUT2D eigenvalue weighted by Crippen LogP contribution is 2.40. The van der Waals surface area contributed by atoms with Crippen LogP contribution in [0.1, 0.15) is 38.3 Å². The molecule has 3 rings (SSSR count). The van der Waals surface area contributed by atoms with E-state index in [0.717, 1.165) is 11.1 Å². The van der Waals surface area contributed by atoms with Crippen LogP contribution >= 0.6 is 0 Å². The molecular formula is C25H26O5. The summed E-state index contributed by atoms with van der Waals surface area (Å²) >= 11 is 0. The first-order valence-electron chi connectivity index (χ1n) is 9.79. The number of phenols is 3. The number of allylic oxidation sites excluding steroid dienone is 3. The van der Waals surface area contributed by atoms with Gasteiger partial charge in [0.2, 0.25) is 5.43 Å². The largest absolute Gasteiger partial charge is 0.508 e. The van der Waals surface area contributed by atoms with Crippen molar-refractivity contribution in [3.05, 3.63) is 75.7 Å². The second kappa shape index (κ2) is 8.49. The summed E-state index contributed by atoms with van der Waals surface area (Å²) in [6.45, 7) is 9.65. The highest BCUT2D eigenvalue weighted by molar-refractivity contribution is 5.92. The van der Waals surface area contributed by atoms with Crippen LogP contribution in [-0.2, 0) is 12.8 Å². The Labute approximate surface area is 175 Å². The lowest BCUT2D eigenvalue weighted by atomic mass is 9.94. The fraction of sp³-hybridized carbons (Fsp3) is 0.240. The van der Waals surface area contributed by atoms with Gasteiger partial charge in [-0.1, -0.05) is 29.4 Å². The number of benzene rings is 2. The number of fused-ring (bicyclic) bond motifs is 1. The first-order chi connectivity index (χ1) is 14.2. The van der Waals surface area contributed by atoms with E-state index in [-0.39, 0.29) is 33.8 Å². The van der Waals surface area contributed by atoms with Crippen LogP contribution in [0.2, 0.25) is 0 Å². The fourth-order valence-electron chi connectivity index (χ4n) is 3.37.